The average Bonchev–Trinajstić information content (AvgIpc) is 2.54. The van der Waals surface area contributed by atoms with Crippen molar-refractivity contribution >= 4 is 11.8 Å². The van der Waals surface area contributed by atoms with Gasteiger partial charge in [-0.2, -0.15) is 4.98 Å². The van der Waals surface area contributed by atoms with E-state index in [1.165, 1.54) is 25.0 Å². The van der Waals surface area contributed by atoms with Gasteiger partial charge in [0, 0.05) is 0 Å². The Morgan fingerprint density at radius 1 is 1.50 bits per heavy atom. The van der Waals surface area contributed by atoms with Crippen molar-refractivity contribution in [3.8, 4) is 0 Å². The van der Waals surface area contributed by atoms with Gasteiger partial charge >= 0.3 is 0 Å². The molecule has 4 heteroatoms. The Bertz CT molecular complexity index is 255. The first kappa shape index (κ1) is 8.10. The van der Waals surface area contributed by atoms with Crippen LogP contribution in [0.4, 0.5) is 0 Å². The summed E-state index contributed by atoms with van der Waals surface area (Å²) in [5.74, 6) is 2.79. The van der Waals surface area contributed by atoms with Crippen LogP contribution in [-0.2, 0) is 0 Å². The summed E-state index contributed by atoms with van der Waals surface area (Å²) in [5, 5.41) is 4.25. The Kier molecular flexibility index (Phi) is 2.35. The minimum Gasteiger partial charge on any atom is -0.338 e. The molecule has 1 atom stereocenters. The molecule has 0 N–H and O–H groups in total. The van der Waals surface area contributed by atoms with E-state index in [1.807, 2.05) is 18.7 Å². The molecule has 0 saturated carbocycles. The van der Waals surface area contributed by atoms with Crippen LogP contribution in [0.1, 0.15) is 36.2 Å². The van der Waals surface area contributed by atoms with Crippen molar-refractivity contribution in [1.82, 2.24) is 10.1 Å². The van der Waals surface area contributed by atoms with E-state index in [4.69, 9.17) is 4.52 Å². The Morgan fingerprint density at radius 3 is 3.00 bits per heavy atom. The normalized spacial score (nSPS) is 24.2. The molecule has 2 rings (SSSR count). The second kappa shape index (κ2) is 3.47. The molecule has 0 amide bonds. The van der Waals surface area contributed by atoms with Crippen LogP contribution in [0.5, 0.6) is 0 Å². The van der Waals surface area contributed by atoms with Gasteiger partial charge in [-0.3, -0.25) is 0 Å². The lowest BCUT2D eigenvalue weighted by molar-refractivity contribution is 0.366. The fraction of sp³-hybridized carbons (Fsp3) is 0.750. The van der Waals surface area contributed by atoms with Crippen LogP contribution in [0.3, 0.4) is 0 Å². The van der Waals surface area contributed by atoms with Gasteiger partial charge in [-0.15, -0.1) is 11.8 Å². The molecule has 0 aliphatic carbocycles. The molecule has 1 aliphatic heterocycles. The van der Waals surface area contributed by atoms with Gasteiger partial charge in [0.2, 0.25) is 5.89 Å². The molecule has 2 heterocycles. The lowest BCUT2D eigenvalue weighted by atomic mass is 10.2. The Labute approximate surface area is 75.9 Å². The third kappa shape index (κ3) is 1.63. The maximum Gasteiger partial charge on any atom is 0.239 e. The van der Waals surface area contributed by atoms with Gasteiger partial charge in [0.15, 0.2) is 5.82 Å². The zero-order chi connectivity index (χ0) is 8.39. The lowest BCUT2D eigenvalue weighted by Gasteiger charge is -2.16. The maximum absolute atomic E-state index is 5.12. The molecule has 0 spiro atoms. The summed E-state index contributed by atoms with van der Waals surface area (Å²) in [5.41, 5.74) is 0. The van der Waals surface area contributed by atoms with E-state index in [2.05, 4.69) is 10.1 Å². The first-order valence-electron chi connectivity index (χ1n) is 4.28. The third-order valence-electron chi connectivity index (χ3n) is 2.00. The van der Waals surface area contributed by atoms with Crippen molar-refractivity contribution in [1.29, 1.82) is 0 Å². The summed E-state index contributed by atoms with van der Waals surface area (Å²) in [6, 6.07) is 0. The quantitative estimate of drug-likeness (QED) is 0.671. The molecule has 1 aromatic rings. The number of aromatic nitrogens is 2. The van der Waals surface area contributed by atoms with Crippen molar-refractivity contribution in [3.05, 3.63) is 11.7 Å². The maximum atomic E-state index is 5.12. The average molecular weight is 184 g/mol. The van der Waals surface area contributed by atoms with Gasteiger partial charge in [-0.05, 0) is 25.5 Å². The third-order valence-corrected chi connectivity index (χ3v) is 3.36. The molecular weight excluding hydrogens is 172 g/mol. The van der Waals surface area contributed by atoms with Gasteiger partial charge in [0.05, 0.1) is 5.25 Å². The van der Waals surface area contributed by atoms with Gasteiger partial charge in [-0.1, -0.05) is 11.6 Å². The van der Waals surface area contributed by atoms with E-state index < -0.39 is 0 Å². The SMILES string of the molecule is Cc1noc(C2CCCCS2)n1. The molecular formula is C8H12N2OS. The van der Waals surface area contributed by atoms with Crippen LogP contribution < -0.4 is 0 Å². The van der Waals surface area contributed by atoms with E-state index in [0.29, 0.717) is 5.25 Å². The van der Waals surface area contributed by atoms with E-state index in [-0.39, 0.29) is 0 Å². The van der Waals surface area contributed by atoms with Gasteiger partial charge < -0.3 is 4.52 Å². The van der Waals surface area contributed by atoms with Crippen molar-refractivity contribution in [2.45, 2.75) is 31.4 Å². The van der Waals surface area contributed by atoms with Crippen molar-refractivity contribution in [2.24, 2.45) is 0 Å². The number of hydrogen-bond donors (Lipinski definition) is 0. The summed E-state index contributed by atoms with van der Waals surface area (Å²) in [6.45, 7) is 1.86. The topological polar surface area (TPSA) is 38.9 Å². The zero-order valence-corrected chi connectivity index (χ0v) is 7.93. The highest BCUT2D eigenvalue weighted by Crippen LogP contribution is 2.37. The minimum atomic E-state index is 0.458. The number of hydrogen-bond acceptors (Lipinski definition) is 4. The highest BCUT2D eigenvalue weighted by Gasteiger charge is 2.20. The van der Waals surface area contributed by atoms with Crippen LogP contribution in [0, 0.1) is 6.92 Å². The second-order valence-corrected chi connectivity index (χ2v) is 4.35. The summed E-state index contributed by atoms with van der Waals surface area (Å²) in [4.78, 5) is 4.24. The Hall–Kier alpha value is -0.510. The smallest absolute Gasteiger partial charge is 0.239 e. The van der Waals surface area contributed by atoms with Crippen molar-refractivity contribution in [2.75, 3.05) is 5.75 Å². The highest BCUT2D eigenvalue weighted by molar-refractivity contribution is 7.99. The number of nitrogens with zero attached hydrogens (tertiary/aromatic N) is 2. The van der Waals surface area contributed by atoms with Crippen LogP contribution in [0.25, 0.3) is 0 Å². The summed E-state index contributed by atoms with van der Waals surface area (Å²) < 4.78 is 5.12. The first-order chi connectivity index (χ1) is 5.86. The number of thioether (sulfide) groups is 1. The molecule has 3 nitrogen and oxygen atoms in total. The summed E-state index contributed by atoms with van der Waals surface area (Å²) >= 11 is 1.93. The number of aryl methyl sites for hydroxylation is 1. The lowest BCUT2D eigenvalue weighted by Crippen LogP contribution is -2.02. The van der Waals surface area contributed by atoms with Gasteiger partial charge in [0.25, 0.3) is 0 Å². The molecule has 1 unspecified atom stereocenters. The molecule has 1 aliphatic rings. The van der Waals surface area contributed by atoms with Crippen LogP contribution >= 0.6 is 11.8 Å². The van der Waals surface area contributed by atoms with Crippen molar-refractivity contribution in [3.63, 3.8) is 0 Å². The molecule has 1 aromatic heterocycles. The fourth-order valence-electron chi connectivity index (χ4n) is 1.38. The first-order valence-corrected chi connectivity index (χ1v) is 5.33. The van der Waals surface area contributed by atoms with E-state index in [1.54, 1.807) is 0 Å². The second-order valence-electron chi connectivity index (χ2n) is 3.04. The molecule has 0 aromatic carbocycles. The molecule has 0 bridgehead atoms. The molecule has 1 fully saturated rings. The van der Waals surface area contributed by atoms with Crippen LogP contribution in [-0.4, -0.2) is 15.9 Å². The Morgan fingerprint density at radius 2 is 2.42 bits per heavy atom. The van der Waals surface area contributed by atoms with Gasteiger partial charge in [-0.25, -0.2) is 0 Å². The standard InChI is InChI=1S/C8H12N2OS/c1-6-9-8(11-10-6)7-4-2-3-5-12-7/h7H,2-5H2,1H3. The van der Waals surface area contributed by atoms with Gasteiger partial charge in [0.1, 0.15) is 0 Å². The predicted octanol–water partition coefficient (Wildman–Crippen LogP) is 2.34. The van der Waals surface area contributed by atoms with E-state index in [9.17, 15) is 0 Å². The molecule has 1 saturated heterocycles. The minimum absolute atomic E-state index is 0.458. The number of rotatable bonds is 1. The van der Waals surface area contributed by atoms with E-state index >= 15 is 0 Å². The molecule has 66 valence electrons. The van der Waals surface area contributed by atoms with Crippen molar-refractivity contribution < 1.29 is 4.52 Å². The largest absolute Gasteiger partial charge is 0.338 e. The monoisotopic (exact) mass is 184 g/mol. The highest BCUT2D eigenvalue weighted by atomic mass is 32.2. The van der Waals surface area contributed by atoms with Crippen LogP contribution in [0.2, 0.25) is 0 Å². The Balaban J connectivity index is 2.08. The van der Waals surface area contributed by atoms with Crippen LogP contribution in [0.15, 0.2) is 4.52 Å². The summed E-state index contributed by atoms with van der Waals surface area (Å²) in [7, 11) is 0. The molecule has 12 heavy (non-hydrogen) atoms. The summed E-state index contributed by atoms with van der Waals surface area (Å²) in [6.07, 6.45) is 3.81. The fourth-order valence-corrected chi connectivity index (χ4v) is 2.61. The predicted molar refractivity (Wildman–Crippen MR) is 48.1 cm³/mol. The molecule has 0 radical (unpaired) electrons. The zero-order valence-electron chi connectivity index (χ0n) is 7.12. The van der Waals surface area contributed by atoms with E-state index in [0.717, 1.165) is 11.7 Å².